The highest BCUT2D eigenvalue weighted by molar-refractivity contribution is 4.85. The van der Waals surface area contributed by atoms with Gasteiger partial charge in [0, 0.05) is 0 Å². The van der Waals surface area contributed by atoms with E-state index in [0.717, 1.165) is 11.8 Å². The number of unbranched alkanes of at least 4 members (excludes halogenated alkanes) is 15. The lowest BCUT2D eigenvalue weighted by Crippen LogP contribution is -2.16. The SMILES string of the molecule is CCCCC/C=C\CCCCC(CCC/C=C\CCCCC)C(CCC/C=C\CCCCC)CCCCCN(C)C. The van der Waals surface area contributed by atoms with Gasteiger partial charge in [-0.2, -0.15) is 0 Å². The van der Waals surface area contributed by atoms with Crippen molar-refractivity contribution in [3.63, 3.8) is 0 Å². The molecule has 0 radical (unpaired) electrons. The van der Waals surface area contributed by atoms with Crippen LogP contribution in [-0.4, -0.2) is 25.5 Å². The minimum atomic E-state index is 0.930. The summed E-state index contributed by atoms with van der Waals surface area (Å²) in [5.41, 5.74) is 0. The smallest absolute Gasteiger partial charge is 0.00248 e. The van der Waals surface area contributed by atoms with Crippen LogP contribution in [0.2, 0.25) is 0 Å². The fourth-order valence-electron chi connectivity index (χ4n) is 6.15. The second kappa shape index (κ2) is 33.7. The third kappa shape index (κ3) is 30.4. The van der Waals surface area contributed by atoms with Gasteiger partial charge in [0.05, 0.1) is 0 Å². The summed E-state index contributed by atoms with van der Waals surface area (Å²) in [6.45, 7) is 8.15. The van der Waals surface area contributed by atoms with Gasteiger partial charge in [-0.3, -0.25) is 0 Å². The zero-order valence-electron chi connectivity index (χ0n) is 29.2. The van der Waals surface area contributed by atoms with Crippen molar-refractivity contribution in [2.45, 2.75) is 188 Å². The summed E-state index contributed by atoms with van der Waals surface area (Å²) in [4.78, 5) is 2.35. The average molecular weight is 572 g/mol. The van der Waals surface area contributed by atoms with Gasteiger partial charge < -0.3 is 4.90 Å². The lowest BCUT2D eigenvalue weighted by atomic mass is 9.78. The van der Waals surface area contributed by atoms with Crippen LogP contribution in [0.1, 0.15) is 188 Å². The van der Waals surface area contributed by atoms with Crippen molar-refractivity contribution in [3.8, 4) is 0 Å². The van der Waals surface area contributed by atoms with Crippen molar-refractivity contribution in [1.82, 2.24) is 4.90 Å². The van der Waals surface area contributed by atoms with E-state index in [9.17, 15) is 0 Å². The van der Waals surface area contributed by atoms with Gasteiger partial charge in [-0.05, 0) is 129 Å². The summed E-state index contributed by atoms with van der Waals surface area (Å²) < 4.78 is 0. The Morgan fingerprint density at radius 3 is 1.05 bits per heavy atom. The van der Waals surface area contributed by atoms with Crippen LogP contribution in [0.5, 0.6) is 0 Å². The lowest BCUT2D eigenvalue weighted by Gasteiger charge is -2.28. The van der Waals surface area contributed by atoms with Crippen LogP contribution in [0.15, 0.2) is 36.5 Å². The highest BCUT2D eigenvalue weighted by atomic mass is 15.0. The molecule has 0 bridgehead atoms. The first-order valence-corrected chi connectivity index (χ1v) is 18.7. The molecule has 0 aromatic rings. The standard InChI is InChI=1S/C40H77N/c1-6-9-12-15-18-21-24-27-31-35-39(34-29-25-22-19-16-13-10-7-2)40(37-32-28-33-38-41(4)5)36-30-26-23-20-17-14-11-8-3/h18-23,39-40H,6-17,24-38H2,1-5H3/b21-18-,22-19-,23-20-. The molecule has 41 heavy (non-hydrogen) atoms. The zero-order valence-corrected chi connectivity index (χ0v) is 29.2. The first kappa shape index (κ1) is 40.2. The van der Waals surface area contributed by atoms with Gasteiger partial charge in [0.15, 0.2) is 0 Å². The van der Waals surface area contributed by atoms with E-state index in [4.69, 9.17) is 0 Å². The molecule has 0 rings (SSSR count). The van der Waals surface area contributed by atoms with Crippen LogP contribution in [0.25, 0.3) is 0 Å². The van der Waals surface area contributed by atoms with E-state index in [1.54, 1.807) is 0 Å². The quantitative estimate of drug-likeness (QED) is 0.0573. The van der Waals surface area contributed by atoms with E-state index in [-0.39, 0.29) is 0 Å². The van der Waals surface area contributed by atoms with Crippen LogP contribution in [0.3, 0.4) is 0 Å². The van der Waals surface area contributed by atoms with Gasteiger partial charge in [0.2, 0.25) is 0 Å². The monoisotopic (exact) mass is 572 g/mol. The fraction of sp³-hybridized carbons (Fsp3) is 0.850. The normalized spacial score (nSPS) is 13.9. The predicted octanol–water partition coefficient (Wildman–Crippen LogP) is 13.7. The molecule has 242 valence electrons. The van der Waals surface area contributed by atoms with Crippen molar-refractivity contribution >= 4 is 0 Å². The van der Waals surface area contributed by atoms with E-state index >= 15 is 0 Å². The Kier molecular flexibility index (Phi) is 33.0. The summed E-state index contributed by atoms with van der Waals surface area (Å²) in [5, 5.41) is 0. The molecule has 2 unspecified atom stereocenters. The molecule has 0 aliphatic heterocycles. The summed E-state index contributed by atoms with van der Waals surface area (Å²) in [7, 11) is 4.43. The first-order chi connectivity index (χ1) is 20.2. The number of rotatable bonds is 32. The molecule has 0 aliphatic carbocycles. The third-order valence-electron chi connectivity index (χ3n) is 8.86. The largest absolute Gasteiger partial charge is 0.309 e. The Morgan fingerprint density at radius 1 is 0.366 bits per heavy atom. The highest BCUT2D eigenvalue weighted by Crippen LogP contribution is 2.33. The van der Waals surface area contributed by atoms with Crippen LogP contribution in [-0.2, 0) is 0 Å². The molecule has 0 fully saturated rings. The lowest BCUT2D eigenvalue weighted by molar-refractivity contribution is 0.241. The Bertz CT molecular complexity index is 571. The average Bonchev–Trinajstić information content (AvgIpc) is 2.96. The van der Waals surface area contributed by atoms with E-state index in [1.807, 2.05) is 0 Å². The second-order valence-electron chi connectivity index (χ2n) is 13.2. The van der Waals surface area contributed by atoms with Crippen LogP contribution in [0.4, 0.5) is 0 Å². The topological polar surface area (TPSA) is 3.24 Å². The third-order valence-corrected chi connectivity index (χ3v) is 8.86. The maximum Gasteiger partial charge on any atom is -0.00248 e. The Balaban J connectivity index is 4.92. The van der Waals surface area contributed by atoms with Gasteiger partial charge in [0.1, 0.15) is 0 Å². The second-order valence-corrected chi connectivity index (χ2v) is 13.2. The Labute approximate surface area is 261 Å². The van der Waals surface area contributed by atoms with Crippen LogP contribution >= 0.6 is 0 Å². The molecule has 0 N–H and O–H groups in total. The van der Waals surface area contributed by atoms with E-state index in [1.165, 1.54) is 173 Å². The number of nitrogens with zero attached hydrogens (tertiary/aromatic N) is 1. The van der Waals surface area contributed by atoms with Crippen molar-refractivity contribution in [3.05, 3.63) is 36.5 Å². The van der Waals surface area contributed by atoms with Gasteiger partial charge in [-0.1, -0.05) is 128 Å². The van der Waals surface area contributed by atoms with Crippen molar-refractivity contribution in [1.29, 1.82) is 0 Å². The molecule has 0 saturated heterocycles. The van der Waals surface area contributed by atoms with Crippen molar-refractivity contribution in [2.75, 3.05) is 20.6 Å². The zero-order chi connectivity index (χ0) is 30.1. The van der Waals surface area contributed by atoms with Gasteiger partial charge in [0.25, 0.3) is 0 Å². The summed E-state index contributed by atoms with van der Waals surface area (Å²) in [6, 6.07) is 0. The number of hydrogen-bond acceptors (Lipinski definition) is 1. The predicted molar refractivity (Wildman–Crippen MR) is 190 cm³/mol. The molecule has 1 heteroatoms. The Hall–Kier alpha value is -0.820. The highest BCUT2D eigenvalue weighted by Gasteiger charge is 2.20. The van der Waals surface area contributed by atoms with E-state index in [2.05, 4.69) is 76.2 Å². The van der Waals surface area contributed by atoms with Gasteiger partial charge >= 0.3 is 0 Å². The van der Waals surface area contributed by atoms with Crippen molar-refractivity contribution in [2.24, 2.45) is 11.8 Å². The first-order valence-electron chi connectivity index (χ1n) is 18.7. The maximum absolute atomic E-state index is 2.50. The molecular formula is C40H77N. The maximum atomic E-state index is 2.50. The van der Waals surface area contributed by atoms with Crippen molar-refractivity contribution < 1.29 is 0 Å². The molecule has 1 nitrogen and oxygen atoms in total. The molecule has 2 atom stereocenters. The Morgan fingerprint density at radius 2 is 0.683 bits per heavy atom. The molecular weight excluding hydrogens is 494 g/mol. The summed E-state index contributed by atoms with van der Waals surface area (Å²) in [6.07, 6.45) is 50.4. The van der Waals surface area contributed by atoms with Gasteiger partial charge in [-0.15, -0.1) is 0 Å². The van der Waals surface area contributed by atoms with E-state index < -0.39 is 0 Å². The van der Waals surface area contributed by atoms with Crippen LogP contribution < -0.4 is 0 Å². The van der Waals surface area contributed by atoms with Crippen LogP contribution in [0, 0.1) is 11.8 Å². The molecule has 0 aromatic carbocycles. The van der Waals surface area contributed by atoms with Gasteiger partial charge in [-0.25, -0.2) is 0 Å². The summed E-state index contributed by atoms with van der Waals surface area (Å²) in [5.74, 6) is 1.86. The molecule has 0 spiro atoms. The minimum absolute atomic E-state index is 0.930. The molecule has 0 saturated carbocycles. The molecule has 0 heterocycles. The van der Waals surface area contributed by atoms with E-state index in [0.29, 0.717) is 0 Å². The fourth-order valence-corrected chi connectivity index (χ4v) is 6.15. The number of hydrogen-bond donors (Lipinski definition) is 0. The molecule has 0 aromatic heterocycles. The molecule has 0 amide bonds. The number of allylic oxidation sites excluding steroid dienone is 6. The minimum Gasteiger partial charge on any atom is -0.309 e. The summed E-state index contributed by atoms with van der Waals surface area (Å²) >= 11 is 0. The molecule has 0 aliphatic rings.